The molecule has 100 valence electrons. The lowest BCUT2D eigenvalue weighted by Gasteiger charge is -2.34. The van der Waals surface area contributed by atoms with Crippen molar-refractivity contribution in [3.05, 3.63) is 34.7 Å². The van der Waals surface area contributed by atoms with Gasteiger partial charge >= 0.3 is 0 Å². The first-order valence-corrected chi connectivity index (χ1v) is 6.42. The maximum Gasteiger partial charge on any atom is 0.250 e. The molecule has 5 heteroatoms. The third-order valence-electron chi connectivity index (χ3n) is 3.32. The Morgan fingerprint density at radius 1 is 1.50 bits per heavy atom. The molecule has 1 aliphatic heterocycles. The van der Waals surface area contributed by atoms with Crippen LogP contribution < -0.4 is 11.3 Å². The number of nitrogens with zero attached hydrogens (tertiary/aromatic N) is 2. The fraction of sp³-hybridized carbons (Fsp3) is 0.615. The van der Waals surface area contributed by atoms with E-state index in [1.807, 2.05) is 19.2 Å². The molecule has 0 spiro atoms. The number of nitrogens with two attached hydrogens (primary N) is 1. The van der Waals surface area contributed by atoms with E-state index in [9.17, 15) is 4.79 Å². The number of pyridine rings is 1. The second kappa shape index (κ2) is 6.13. The maximum absolute atomic E-state index is 11.6. The number of morpholine rings is 1. The van der Waals surface area contributed by atoms with Gasteiger partial charge in [0.15, 0.2) is 0 Å². The second-order valence-electron chi connectivity index (χ2n) is 4.80. The molecule has 2 atom stereocenters. The number of aromatic nitrogens is 1. The molecule has 2 heterocycles. The third kappa shape index (κ3) is 3.41. The van der Waals surface area contributed by atoms with Gasteiger partial charge < -0.3 is 15.0 Å². The van der Waals surface area contributed by atoms with Crippen LogP contribution in [0.1, 0.15) is 6.92 Å². The molecule has 0 amide bonds. The molecular weight excluding hydrogens is 230 g/mol. The SMILES string of the molecule is CC(N)C1CN(CCn2ccccc2=O)CCO1. The largest absolute Gasteiger partial charge is 0.374 e. The average Bonchev–Trinajstić information content (AvgIpc) is 2.38. The summed E-state index contributed by atoms with van der Waals surface area (Å²) in [4.78, 5) is 13.9. The molecule has 2 rings (SSSR count). The highest BCUT2D eigenvalue weighted by Crippen LogP contribution is 2.07. The van der Waals surface area contributed by atoms with Crippen LogP contribution in [0.15, 0.2) is 29.2 Å². The highest BCUT2D eigenvalue weighted by molar-refractivity contribution is 4.93. The van der Waals surface area contributed by atoms with Crippen molar-refractivity contribution in [1.29, 1.82) is 0 Å². The van der Waals surface area contributed by atoms with E-state index in [2.05, 4.69) is 4.90 Å². The molecule has 0 radical (unpaired) electrons. The quantitative estimate of drug-likeness (QED) is 0.811. The summed E-state index contributed by atoms with van der Waals surface area (Å²) in [6.07, 6.45) is 1.93. The summed E-state index contributed by atoms with van der Waals surface area (Å²) >= 11 is 0. The van der Waals surface area contributed by atoms with Crippen LogP contribution in [-0.2, 0) is 11.3 Å². The Hall–Kier alpha value is -1.17. The molecule has 1 saturated heterocycles. The zero-order valence-corrected chi connectivity index (χ0v) is 10.8. The zero-order chi connectivity index (χ0) is 13.0. The van der Waals surface area contributed by atoms with Crippen molar-refractivity contribution >= 4 is 0 Å². The van der Waals surface area contributed by atoms with Crippen LogP contribution in [0.25, 0.3) is 0 Å². The predicted molar refractivity (Wildman–Crippen MR) is 70.5 cm³/mol. The highest BCUT2D eigenvalue weighted by atomic mass is 16.5. The van der Waals surface area contributed by atoms with Gasteiger partial charge in [0.25, 0.3) is 5.56 Å². The smallest absolute Gasteiger partial charge is 0.250 e. The molecule has 2 N–H and O–H groups in total. The minimum atomic E-state index is 0.0484. The standard InChI is InChI=1S/C13H21N3O2/c1-11(14)12-10-15(8-9-18-12)6-7-16-5-3-2-4-13(16)17/h2-5,11-12H,6-10,14H2,1H3. The summed E-state index contributed by atoms with van der Waals surface area (Å²) in [7, 11) is 0. The van der Waals surface area contributed by atoms with E-state index in [4.69, 9.17) is 10.5 Å². The molecule has 1 fully saturated rings. The molecule has 5 nitrogen and oxygen atoms in total. The fourth-order valence-corrected chi connectivity index (χ4v) is 2.15. The van der Waals surface area contributed by atoms with Gasteiger partial charge in [0.2, 0.25) is 0 Å². The van der Waals surface area contributed by atoms with Gasteiger partial charge in [-0.1, -0.05) is 6.07 Å². The van der Waals surface area contributed by atoms with E-state index >= 15 is 0 Å². The van der Waals surface area contributed by atoms with Crippen molar-refractivity contribution in [3.8, 4) is 0 Å². The molecule has 18 heavy (non-hydrogen) atoms. The summed E-state index contributed by atoms with van der Waals surface area (Å²) in [5.74, 6) is 0. The first kappa shape index (κ1) is 13.3. The molecule has 0 aliphatic carbocycles. The van der Waals surface area contributed by atoms with E-state index < -0.39 is 0 Å². The monoisotopic (exact) mass is 251 g/mol. The fourth-order valence-electron chi connectivity index (χ4n) is 2.15. The lowest BCUT2D eigenvalue weighted by Crippen LogP contribution is -2.50. The summed E-state index contributed by atoms with van der Waals surface area (Å²) < 4.78 is 7.34. The molecule has 0 bridgehead atoms. The van der Waals surface area contributed by atoms with Crippen LogP contribution >= 0.6 is 0 Å². The predicted octanol–water partition coefficient (Wildman–Crippen LogP) is -0.104. The third-order valence-corrected chi connectivity index (χ3v) is 3.32. The van der Waals surface area contributed by atoms with Gasteiger partial charge in [-0.05, 0) is 13.0 Å². The van der Waals surface area contributed by atoms with Crippen LogP contribution in [0.3, 0.4) is 0 Å². The molecule has 0 saturated carbocycles. The van der Waals surface area contributed by atoms with Crippen LogP contribution in [0, 0.1) is 0 Å². The van der Waals surface area contributed by atoms with Gasteiger partial charge in [0, 0.05) is 44.5 Å². The van der Waals surface area contributed by atoms with Crippen LogP contribution in [-0.4, -0.2) is 47.9 Å². The Labute approximate surface area is 107 Å². The van der Waals surface area contributed by atoms with E-state index in [0.29, 0.717) is 6.54 Å². The highest BCUT2D eigenvalue weighted by Gasteiger charge is 2.22. The average molecular weight is 251 g/mol. The van der Waals surface area contributed by atoms with Gasteiger partial charge in [-0.3, -0.25) is 9.69 Å². The van der Waals surface area contributed by atoms with Gasteiger partial charge in [-0.25, -0.2) is 0 Å². The van der Waals surface area contributed by atoms with E-state index in [0.717, 1.165) is 26.2 Å². The van der Waals surface area contributed by atoms with Crippen molar-refractivity contribution in [2.45, 2.75) is 25.6 Å². The van der Waals surface area contributed by atoms with Crippen molar-refractivity contribution in [2.24, 2.45) is 5.73 Å². The van der Waals surface area contributed by atoms with E-state index in [1.54, 1.807) is 16.7 Å². The number of rotatable bonds is 4. The molecule has 1 aromatic heterocycles. The Kier molecular flexibility index (Phi) is 4.52. The lowest BCUT2D eigenvalue weighted by molar-refractivity contribution is -0.0384. The second-order valence-corrected chi connectivity index (χ2v) is 4.80. The maximum atomic E-state index is 11.6. The van der Waals surface area contributed by atoms with Gasteiger partial charge in [-0.2, -0.15) is 0 Å². The van der Waals surface area contributed by atoms with Crippen LogP contribution in [0.2, 0.25) is 0 Å². The minimum absolute atomic E-state index is 0.0484. The first-order valence-electron chi connectivity index (χ1n) is 6.42. The molecule has 0 aromatic carbocycles. The van der Waals surface area contributed by atoms with Crippen LogP contribution in [0.4, 0.5) is 0 Å². The Bertz CT molecular complexity index is 430. The van der Waals surface area contributed by atoms with Gasteiger partial charge in [0.1, 0.15) is 0 Å². The summed E-state index contributed by atoms with van der Waals surface area (Å²) in [6.45, 7) is 6.01. The normalized spacial score (nSPS) is 22.9. The van der Waals surface area contributed by atoms with E-state index in [1.165, 1.54) is 0 Å². The molecule has 1 aliphatic rings. The van der Waals surface area contributed by atoms with Crippen LogP contribution in [0.5, 0.6) is 0 Å². The number of hydrogen-bond acceptors (Lipinski definition) is 4. The van der Waals surface area contributed by atoms with Gasteiger partial charge in [0.05, 0.1) is 12.7 Å². The first-order chi connectivity index (χ1) is 8.66. The zero-order valence-electron chi connectivity index (χ0n) is 10.8. The topological polar surface area (TPSA) is 60.5 Å². The van der Waals surface area contributed by atoms with Gasteiger partial charge in [-0.15, -0.1) is 0 Å². The van der Waals surface area contributed by atoms with E-state index in [-0.39, 0.29) is 17.7 Å². The Balaban J connectivity index is 1.87. The minimum Gasteiger partial charge on any atom is -0.374 e. The van der Waals surface area contributed by atoms with Crippen molar-refractivity contribution < 1.29 is 4.74 Å². The Morgan fingerprint density at radius 2 is 2.33 bits per heavy atom. The molecular formula is C13H21N3O2. The Morgan fingerprint density at radius 3 is 3.06 bits per heavy atom. The molecule has 1 aromatic rings. The molecule has 2 unspecified atom stereocenters. The summed E-state index contributed by atoms with van der Waals surface area (Å²) in [6, 6.07) is 5.28. The summed E-state index contributed by atoms with van der Waals surface area (Å²) in [5.41, 5.74) is 5.90. The van der Waals surface area contributed by atoms with Crippen molar-refractivity contribution in [1.82, 2.24) is 9.47 Å². The van der Waals surface area contributed by atoms with Crippen molar-refractivity contribution in [2.75, 3.05) is 26.2 Å². The van der Waals surface area contributed by atoms with Crippen molar-refractivity contribution in [3.63, 3.8) is 0 Å². The number of ether oxygens (including phenoxy) is 1. The summed E-state index contributed by atoms with van der Waals surface area (Å²) in [5, 5.41) is 0. The number of hydrogen-bond donors (Lipinski definition) is 1. The lowest BCUT2D eigenvalue weighted by atomic mass is 10.1.